The van der Waals surface area contributed by atoms with E-state index in [-0.39, 0.29) is 0 Å². The third-order valence-corrected chi connectivity index (χ3v) is 5.71. The van der Waals surface area contributed by atoms with E-state index < -0.39 is 12.2 Å². The van der Waals surface area contributed by atoms with Crippen molar-refractivity contribution in [2.24, 2.45) is 0 Å². The Balaban J connectivity index is 1.23. The van der Waals surface area contributed by atoms with Crippen LogP contribution in [0, 0.1) is 0 Å². The molecule has 0 saturated carbocycles. The van der Waals surface area contributed by atoms with Crippen molar-refractivity contribution in [2.75, 3.05) is 13.2 Å². The number of aliphatic hydroxyl groups excluding tert-OH is 2. The zero-order valence-corrected chi connectivity index (χ0v) is 18.6. The highest BCUT2D eigenvalue weighted by atomic mass is 16.5. The molecule has 4 rings (SSSR count). The Kier molecular flexibility index (Phi) is 6.93. The molecule has 0 aliphatic heterocycles. The Bertz CT molecular complexity index is 1100. The van der Waals surface area contributed by atoms with Crippen LogP contribution in [0.3, 0.4) is 0 Å². The quantitative estimate of drug-likeness (QED) is 0.304. The van der Waals surface area contributed by atoms with E-state index in [0.29, 0.717) is 13.2 Å². The van der Waals surface area contributed by atoms with Crippen molar-refractivity contribution >= 4 is 21.5 Å². The minimum atomic E-state index is -0.463. The smallest absolute Gasteiger partial charge is 0.119 e. The van der Waals surface area contributed by atoms with Gasteiger partial charge < -0.3 is 19.7 Å². The lowest BCUT2D eigenvalue weighted by Gasteiger charge is -2.11. The predicted octanol–water partition coefficient (Wildman–Crippen LogP) is 6.34. The van der Waals surface area contributed by atoms with E-state index >= 15 is 0 Å². The number of hydrogen-bond donors (Lipinski definition) is 2. The molecule has 0 amide bonds. The van der Waals surface area contributed by atoms with E-state index in [1.54, 1.807) is 13.8 Å². The normalized spacial score (nSPS) is 13.2. The molecule has 4 aromatic carbocycles. The minimum Gasteiger partial charge on any atom is -0.494 e. The lowest BCUT2D eigenvalue weighted by molar-refractivity contribution is 0.199. The van der Waals surface area contributed by atoms with Crippen molar-refractivity contribution in [3.8, 4) is 11.5 Å². The van der Waals surface area contributed by atoms with Crippen LogP contribution in [-0.2, 0) is 0 Å². The topological polar surface area (TPSA) is 58.9 Å². The van der Waals surface area contributed by atoms with Crippen molar-refractivity contribution in [1.29, 1.82) is 0 Å². The summed E-state index contributed by atoms with van der Waals surface area (Å²) in [6.07, 6.45) is 0.888. The lowest BCUT2D eigenvalue weighted by atomic mass is 10.0. The van der Waals surface area contributed by atoms with E-state index in [9.17, 15) is 10.2 Å². The second kappa shape index (κ2) is 10.0. The number of rotatable bonds is 9. The molecule has 0 spiro atoms. The Hall–Kier alpha value is -3.08. The Labute approximate surface area is 189 Å². The monoisotopic (exact) mass is 430 g/mol. The summed E-state index contributed by atoms with van der Waals surface area (Å²) >= 11 is 0. The van der Waals surface area contributed by atoms with Gasteiger partial charge >= 0.3 is 0 Å². The van der Waals surface area contributed by atoms with Crippen LogP contribution in [-0.4, -0.2) is 23.4 Å². The molecule has 0 saturated heterocycles. The molecule has 0 aromatic heterocycles. The van der Waals surface area contributed by atoms with Gasteiger partial charge in [-0.15, -0.1) is 0 Å². The maximum atomic E-state index is 9.73. The Morgan fingerprint density at radius 2 is 0.938 bits per heavy atom. The third kappa shape index (κ3) is 5.39. The van der Waals surface area contributed by atoms with Crippen molar-refractivity contribution < 1.29 is 19.7 Å². The second-order valence-corrected chi connectivity index (χ2v) is 8.29. The van der Waals surface area contributed by atoms with Gasteiger partial charge in [-0.2, -0.15) is 0 Å². The molecule has 2 atom stereocenters. The third-order valence-electron chi connectivity index (χ3n) is 5.71. The summed E-state index contributed by atoms with van der Waals surface area (Å²) in [5.74, 6) is 1.71. The summed E-state index contributed by atoms with van der Waals surface area (Å²) in [4.78, 5) is 0. The van der Waals surface area contributed by atoms with Gasteiger partial charge in [-0.1, -0.05) is 36.4 Å². The summed E-state index contributed by atoms with van der Waals surface area (Å²) < 4.78 is 11.8. The summed E-state index contributed by atoms with van der Waals surface area (Å²) in [7, 11) is 0. The zero-order valence-electron chi connectivity index (χ0n) is 18.6. The van der Waals surface area contributed by atoms with Crippen molar-refractivity contribution in [3.05, 3.63) is 83.9 Å². The molecule has 0 bridgehead atoms. The highest BCUT2D eigenvalue weighted by Crippen LogP contribution is 2.26. The number of benzene rings is 4. The lowest BCUT2D eigenvalue weighted by Crippen LogP contribution is -2.02. The fourth-order valence-electron chi connectivity index (χ4n) is 3.77. The molecule has 2 unspecified atom stereocenters. The highest BCUT2D eigenvalue weighted by Gasteiger charge is 2.05. The van der Waals surface area contributed by atoms with Gasteiger partial charge in [-0.25, -0.2) is 0 Å². The van der Waals surface area contributed by atoms with Gasteiger partial charge in [0.15, 0.2) is 0 Å². The molecule has 0 heterocycles. The van der Waals surface area contributed by atoms with Crippen LogP contribution in [0.2, 0.25) is 0 Å². The fraction of sp³-hybridized carbons (Fsp3) is 0.286. The summed E-state index contributed by atoms with van der Waals surface area (Å²) in [5, 5.41) is 23.9. The molecule has 0 aliphatic carbocycles. The van der Waals surface area contributed by atoms with Gasteiger partial charge in [0, 0.05) is 0 Å². The van der Waals surface area contributed by atoms with Crippen LogP contribution in [0.1, 0.15) is 50.0 Å². The van der Waals surface area contributed by atoms with E-state index in [4.69, 9.17) is 9.47 Å². The van der Waals surface area contributed by atoms with E-state index in [2.05, 4.69) is 0 Å². The van der Waals surface area contributed by atoms with Crippen molar-refractivity contribution in [1.82, 2.24) is 0 Å². The average molecular weight is 431 g/mol. The van der Waals surface area contributed by atoms with Crippen LogP contribution >= 0.6 is 0 Å². The van der Waals surface area contributed by atoms with Crippen molar-refractivity contribution in [3.63, 3.8) is 0 Å². The maximum Gasteiger partial charge on any atom is 0.119 e. The minimum absolute atomic E-state index is 0.463. The molecule has 4 heteroatoms. The largest absolute Gasteiger partial charge is 0.494 e. The molecule has 0 fully saturated rings. The first-order valence-corrected chi connectivity index (χ1v) is 11.2. The number of ether oxygens (including phenoxy) is 2. The van der Waals surface area contributed by atoms with Crippen LogP contribution in [0.15, 0.2) is 72.8 Å². The van der Waals surface area contributed by atoms with Crippen LogP contribution in [0.5, 0.6) is 11.5 Å². The number of unbranched alkanes of at least 4 members (excludes halogenated alkanes) is 1. The molecule has 0 aliphatic rings. The molecule has 2 N–H and O–H groups in total. The second-order valence-electron chi connectivity index (χ2n) is 8.29. The molecule has 4 nitrogen and oxygen atoms in total. The SMILES string of the molecule is CC(O)c1ccc2cc(OCCCCOc3ccc4cc(C(C)O)ccc4c3)ccc2c1. The van der Waals surface area contributed by atoms with E-state index in [1.807, 2.05) is 72.8 Å². The Morgan fingerprint density at radius 1 is 0.562 bits per heavy atom. The first kappa shape index (κ1) is 22.1. The van der Waals surface area contributed by atoms with Gasteiger partial charge in [0.05, 0.1) is 25.4 Å². The zero-order chi connectivity index (χ0) is 22.5. The standard InChI is InChI=1S/C28H30O4/c1-19(29)21-5-7-25-17-27(11-9-23(25)15-21)31-13-3-4-14-32-28-12-10-24-16-22(20(2)30)6-8-26(24)18-28/h5-12,15-20,29-30H,3-4,13-14H2,1-2H3. The summed E-state index contributed by atoms with van der Waals surface area (Å²) in [6, 6.07) is 24.1. The molecule has 4 aromatic rings. The van der Waals surface area contributed by atoms with Gasteiger partial charge in [-0.3, -0.25) is 0 Å². The molecule has 0 radical (unpaired) electrons. The number of aliphatic hydroxyl groups is 2. The van der Waals surface area contributed by atoms with Gasteiger partial charge in [0.2, 0.25) is 0 Å². The molecule has 166 valence electrons. The molecular weight excluding hydrogens is 400 g/mol. The van der Waals surface area contributed by atoms with Crippen LogP contribution < -0.4 is 9.47 Å². The molecule has 32 heavy (non-hydrogen) atoms. The van der Waals surface area contributed by atoms with Gasteiger partial charge in [-0.05, 0) is 95.8 Å². The van der Waals surface area contributed by atoms with Crippen LogP contribution in [0.4, 0.5) is 0 Å². The van der Waals surface area contributed by atoms with Crippen LogP contribution in [0.25, 0.3) is 21.5 Å². The predicted molar refractivity (Wildman–Crippen MR) is 129 cm³/mol. The Morgan fingerprint density at radius 3 is 1.34 bits per heavy atom. The summed E-state index contributed by atoms with van der Waals surface area (Å²) in [6.45, 7) is 4.83. The van der Waals surface area contributed by atoms with Crippen molar-refractivity contribution in [2.45, 2.75) is 38.9 Å². The van der Waals surface area contributed by atoms with E-state index in [0.717, 1.165) is 57.0 Å². The average Bonchev–Trinajstić information content (AvgIpc) is 2.80. The first-order chi connectivity index (χ1) is 15.5. The fourth-order valence-corrected chi connectivity index (χ4v) is 3.77. The number of fused-ring (bicyclic) bond motifs is 2. The highest BCUT2D eigenvalue weighted by molar-refractivity contribution is 5.85. The van der Waals surface area contributed by atoms with E-state index in [1.165, 1.54) is 0 Å². The summed E-state index contributed by atoms with van der Waals surface area (Å²) in [5.41, 5.74) is 1.84. The first-order valence-electron chi connectivity index (χ1n) is 11.2. The maximum absolute atomic E-state index is 9.73. The number of hydrogen-bond acceptors (Lipinski definition) is 4. The van der Waals surface area contributed by atoms with Gasteiger partial charge in [0.1, 0.15) is 11.5 Å². The van der Waals surface area contributed by atoms with Gasteiger partial charge in [0.25, 0.3) is 0 Å². The molecular formula is C28H30O4.